The average Bonchev–Trinajstić information content (AvgIpc) is 3.55. The number of hydrogen-bond donors (Lipinski definition) is 2. The van der Waals surface area contributed by atoms with Crippen LogP contribution in [-0.4, -0.2) is 73.1 Å². The van der Waals surface area contributed by atoms with E-state index in [-0.39, 0.29) is 23.3 Å². The molecule has 0 spiro atoms. The first-order valence-electron chi connectivity index (χ1n) is 11.9. The van der Waals surface area contributed by atoms with Crippen molar-refractivity contribution in [3.63, 3.8) is 0 Å². The number of amides is 1. The van der Waals surface area contributed by atoms with E-state index < -0.39 is 5.97 Å². The van der Waals surface area contributed by atoms with Gasteiger partial charge in [-0.05, 0) is 50.8 Å². The second kappa shape index (κ2) is 9.75. The van der Waals surface area contributed by atoms with E-state index in [9.17, 15) is 14.7 Å². The number of methoxy groups -OCH3 is 1. The zero-order chi connectivity index (χ0) is 26.4. The molecule has 0 saturated carbocycles. The number of aromatic amines is 1. The van der Waals surface area contributed by atoms with Gasteiger partial charge in [0.1, 0.15) is 23.7 Å². The molecule has 0 fully saturated rings. The Balaban J connectivity index is 1.54. The highest BCUT2D eigenvalue weighted by molar-refractivity contribution is 9.09. The van der Waals surface area contributed by atoms with Gasteiger partial charge in [0, 0.05) is 46.9 Å². The Bertz CT molecular complexity index is 1520. The molecule has 0 aliphatic carbocycles. The van der Waals surface area contributed by atoms with Crippen molar-refractivity contribution in [2.24, 2.45) is 0 Å². The highest BCUT2D eigenvalue weighted by Crippen LogP contribution is 2.47. The van der Waals surface area contributed by atoms with Gasteiger partial charge in [-0.15, -0.1) is 0 Å². The number of anilines is 1. The number of nitrogens with one attached hydrogen (secondary N) is 1. The third-order valence-electron chi connectivity index (χ3n) is 6.69. The molecule has 2 aromatic heterocycles. The van der Waals surface area contributed by atoms with Crippen molar-refractivity contribution in [1.29, 1.82) is 0 Å². The van der Waals surface area contributed by atoms with E-state index in [2.05, 4.69) is 20.9 Å². The number of hydrogen-bond acceptors (Lipinski definition) is 7. The van der Waals surface area contributed by atoms with Gasteiger partial charge in [-0.25, -0.2) is 4.79 Å². The molecule has 1 amide bonds. The first-order valence-corrected chi connectivity index (χ1v) is 13.0. The minimum Gasteiger partial charge on any atom is -0.506 e. The molecule has 1 atom stereocenters. The molecule has 1 aliphatic rings. The van der Waals surface area contributed by atoms with Gasteiger partial charge in [-0.1, -0.05) is 15.9 Å². The lowest BCUT2D eigenvalue weighted by atomic mass is 9.96. The van der Waals surface area contributed by atoms with E-state index in [0.717, 1.165) is 17.5 Å². The molecule has 0 radical (unpaired) electrons. The van der Waals surface area contributed by atoms with Crippen LogP contribution >= 0.6 is 15.9 Å². The topological polar surface area (TPSA) is 108 Å². The number of aromatic hydroxyl groups is 1. The van der Waals surface area contributed by atoms with Gasteiger partial charge < -0.3 is 33.8 Å². The lowest BCUT2D eigenvalue weighted by Crippen LogP contribution is -2.29. The van der Waals surface area contributed by atoms with Crippen molar-refractivity contribution >= 4 is 55.4 Å². The number of aryl methyl sites for hydroxylation is 1. The Morgan fingerprint density at radius 2 is 2.05 bits per heavy atom. The minimum atomic E-state index is -0.504. The summed E-state index contributed by atoms with van der Waals surface area (Å²) in [7, 11) is 5.28. The maximum atomic E-state index is 13.7. The normalized spacial score (nSPS) is 15.1. The Kier molecular flexibility index (Phi) is 6.63. The predicted molar refractivity (Wildman–Crippen MR) is 145 cm³/mol. The summed E-state index contributed by atoms with van der Waals surface area (Å²) in [6, 6.07) is 8.73. The van der Waals surface area contributed by atoms with Gasteiger partial charge in [0.05, 0.1) is 23.9 Å². The van der Waals surface area contributed by atoms with Crippen molar-refractivity contribution < 1.29 is 28.6 Å². The number of rotatable bonds is 7. The van der Waals surface area contributed by atoms with Crippen LogP contribution in [0.2, 0.25) is 0 Å². The Morgan fingerprint density at radius 3 is 2.76 bits per heavy atom. The van der Waals surface area contributed by atoms with Crippen LogP contribution in [0.5, 0.6) is 11.5 Å². The van der Waals surface area contributed by atoms with Crippen LogP contribution in [0, 0.1) is 6.92 Å². The van der Waals surface area contributed by atoms with Gasteiger partial charge in [0.15, 0.2) is 5.76 Å². The number of H-pyrrole nitrogens is 1. The van der Waals surface area contributed by atoms with Crippen LogP contribution < -0.4 is 9.64 Å². The Morgan fingerprint density at radius 1 is 1.27 bits per heavy atom. The molecular weight excluding hydrogens is 542 g/mol. The fourth-order valence-corrected chi connectivity index (χ4v) is 5.44. The van der Waals surface area contributed by atoms with E-state index in [4.69, 9.17) is 13.9 Å². The number of benzene rings is 2. The van der Waals surface area contributed by atoms with Crippen molar-refractivity contribution in [2.75, 3.05) is 51.1 Å². The molecule has 10 heteroatoms. The van der Waals surface area contributed by atoms with E-state index in [0.29, 0.717) is 57.7 Å². The maximum Gasteiger partial charge on any atom is 0.340 e. The molecule has 4 aromatic rings. The summed E-state index contributed by atoms with van der Waals surface area (Å²) in [6.45, 7) is 3.45. The van der Waals surface area contributed by atoms with Crippen LogP contribution in [0.1, 0.15) is 38.1 Å². The highest BCUT2D eigenvalue weighted by atomic mass is 79.9. The summed E-state index contributed by atoms with van der Waals surface area (Å²) >= 11 is 3.57. The lowest BCUT2D eigenvalue weighted by Gasteiger charge is -2.16. The largest absolute Gasteiger partial charge is 0.506 e. The summed E-state index contributed by atoms with van der Waals surface area (Å²) in [5, 5.41) is 12.7. The predicted octanol–water partition coefficient (Wildman–Crippen LogP) is 4.79. The molecule has 0 saturated heterocycles. The second-order valence-corrected chi connectivity index (χ2v) is 10.1. The van der Waals surface area contributed by atoms with Crippen LogP contribution in [0.25, 0.3) is 21.9 Å². The van der Waals surface area contributed by atoms with Gasteiger partial charge in [0.25, 0.3) is 5.91 Å². The monoisotopic (exact) mass is 569 g/mol. The standard InChI is InChI=1S/C27H28BrN3O6/c1-14-22(27(34)35-4)24-23-16(12-28)13-31(18(23)11-19(32)25(24)29-14)26(33)21-10-15-9-17(5-6-20(15)37-21)36-8-7-30(2)3/h5-6,9-11,16,29,32H,7-8,12-13H2,1-4H3/t16-/m1/s1. The van der Waals surface area contributed by atoms with Crippen molar-refractivity contribution in [2.45, 2.75) is 12.8 Å². The molecule has 0 bridgehead atoms. The number of phenols is 1. The van der Waals surface area contributed by atoms with Crippen molar-refractivity contribution in [3.05, 3.63) is 52.9 Å². The smallest absolute Gasteiger partial charge is 0.340 e. The fourth-order valence-electron chi connectivity index (χ4n) is 4.91. The number of carbonyl (C=O) groups excluding carboxylic acids is 2. The lowest BCUT2D eigenvalue weighted by molar-refractivity contribution is 0.0602. The highest BCUT2D eigenvalue weighted by Gasteiger charge is 2.38. The number of furan rings is 1. The van der Waals surface area contributed by atoms with Crippen LogP contribution in [0.4, 0.5) is 5.69 Å². The molecule has 2 aromatic carbocycles. The van der Waals surface area contributed by atoms with Gasteiger partial charge in [0.2, 0.25) is 0 Å². The van der Waals surface area contributed by atoms with Crippen molar-refractivity contribution in [1.82, 2.24) is 9.88 Å². The third-order valence-corrected chi connectivity index (χ3v) is 7.47. The molecule has 194 valence electrons. The van der Waals surface area contributed by atoms with Crippen molar-refractivity contribution in [3.8, 4) is 11.5 Å². The summed E-state index contributed by atoms with van der Waals surface area (Å²) in [5.74, 6) is -0.117. The number of aromatic nitrogens is 1. The number of fused-ring (bicyclic) bond motifs is 4. The number of carbonyl (C=O) groups is 2. The summed E-state index contributed by atoms with van der Waals surface area (Å²) in [5.41, 5.74) is 3.31. The number of likely N-dealkylation sites (N-methyl/N-ethyl adjacent to an activating group) is 1. The molecule has 9 nitrogen and oxygen atoms in total. The first-order chi connectivity index (χ1) is 17.7. The second-order valence-electron chi connectivity index (χ2n) is 9.42. The average molecular weight is 570 g/mol. The summed E-state index contributed by atoms with van der Waals surface area (Å²) < 4.78 is 16.7. The zero-order valence-electron chi connectivity index (χ0n) is 21.1. The van der Waals surface area contributed by atoms with Crippen LogP contribution in [0.15, 0.2) is 34.7 Å². The van der Waals surface area contributed by atoms with Gasteiger partial charge in [-0.2, -0.15) is 0 Å². The van der Waals surface area contributed by atoms with Gasteiger partial charge >= 0.3 is 5.97 Å². The molecule has 0 unspecified atom stereocenters. The number of alkyl halides is 1. The molecule has 2 N–H and O–H groups in total. The minimum absolute atomic E-state index is 0.0517. The molecule has 5 rings (SSSR count). The van der Waals surface area contributed by atoms with E-state index >= 15 is 0 Å². The van der Waals surface area contributed by atoms with Gasteiger partial charge in [-0.3, -0.25) is 4.79 Å². The zero-order valence-corrected chi connectivity index (χ0v) is 22.6. The number of ether oxygens (including phenoxy) is 2. The molecule has 37 heavy (non-hydrogen) atoms. The van der Waals surface area contributed by atoms with E-state index in [1.807, 2.05) is 31.1 Å². The SMILES string of the molecule is COC(=O)c1c(C)[nH]c2c(O)cc3c(c12)[C@H](CBr)CN3C(=O)c1cc2cc(OCCN(C)C)ccc2o1. The third kappa shape index (κ3) is 4.34. The number of nitrogens with zero attached hydrogens (tertiary/aromatic N) is 2. The number of esters is 1. The quantitative estimate of drug-likeness (QED) is 0.243. The summed E-state index contributed by atoms with van der Waals surface area (Å²) in [6.07, 6.45) is 0. The molecule has 3 heterocycles. The first kappa shape index (κ1) is 25.2. The summed E-state index contributed by atoms with van der Waals surface area (Å²) in [4.78, 5) is 33.1. The van der Waals surface area contributed by atoms with Crippen LogP contribution in [0.3, 0.4) is 0 Å². The van der Waals surface area contributed by atoms with Crippen LogP contribution in [-0.2, 0) is 4.74 Å². The Labute approximate surface area is 222 Å². The molecule has 1 aliphatic heterocycles. The number of halogens is 1. The van der Waals surface area contributed by atoms with E-state index in [1.165, 1.54) is 7.11 Å². The maximum absolute atomic E-state index is 13.7. The fraction of sp³-hybridized carbons (Fsp3) is 0.333. The molecular formula is C27H28BrN3O6. The van der Waals surface area contributed by atoms with E-state index in [1.54, 1.807) is 30.0 Å². The number of phenolic OH excluding ortho intramolecular Hbond substituents is 1. The Hall–Kier alpha value is -3.50.